The quantitative estimate of drug-likeness (QED) is 0.665. The standard InChI is InChI=1S/C11H15BrO2/c12-11(10(13)14)8-2-6-1-7(4-8)5-9(11)3-6/h6-9H,1-5H2,(H,13,14)/p-1. The second-order valence-electron chi connectivity index (χ2n) is 5.36. The summed E-state index contributed by atoms with van der Waals surface area (Å²) in [5.41, 5.74) is 0. The van der Waals surface area contributed by atoms with Crippen molar-refractivity contribution in [2.75, 3.05) is 0 Å². The second kappa shape index (κ2) is 2.75. The average Bonchev–Trinajstić information content (AvgIpc) is 2.12. The number of aliphatic carboxylic acids is 1. The van der Waals surface area contributed by atoms with Crippen LogP contribution in [0.2, 0.25) is 0 Å². The van der Waals surface area contributed by atoms with E-state index in [4.69, 9.17) is 0 Å². The van der Waals surface area contributed by atoms with Gasteiger partial charge in [-0.3, -0.25) is 0 Å². The number of carboxylic acid groups (broad SMARTS) is 1. The SMILES string of the molecule is O=C([O-])C1(Br)C2CC3CC(C2)CC1C3. The van der Waals surface area contributed by atoms with Crippen LogP contribution >= 0.6 is 15.9 Å². The summed E-state index contributed by atoms with van der Waals surface area (Å²) in [5.74, 6) is 1.42. The van der Waals surface area contributed by atoms with Crippen LogP contribution in [0.4, 0.5) is 0 Å². The molecular formula is C11H14BrO2-. The van der Waals surface area contributed by atoms with Crippen LogP contribution in [0.1, 0.15) is 32.1 Å². The third kappa shape index (κ3) is 0.995. The average molecular weight is 258 g/mol. The largest absolute Gasteiger partial charge is 0.549 e. The van der Waals surface area contributed by atoms with Gasteiger partial charge >= 0.3 is 0 Å². The van der Waals surface area contributed by atoms with Crippen LogP contribution in [0, 0.1) is 23.7 Å². The van der Waals surface area contributed by atoms with Crippen molar-refractivity contribution < 1.29 is 9.90 Å². The molecule has 4 rings (SSSR count). The smallest absolute Gasteiger partial charge is 0.0707 e. The molecule has 0 aromatic rings. The lowest BCUT2D eigenvalue weighted by Crippen LogP contribution is -2.61. The fourth-order valence-electron chi connectivity index (χ4n) is 4.20. The summed E-state index contributed by atoms with van der Waals surface area (Å²) >= 11 is 3.49. The summed E-state index contributed by atoms with van der Waals surface area (Å²) in [4.78, 5) is 11.3. The van der Waals surface area contributed by atoms with Crippen molar-refractivity contribution in [3.05, 3.63) is 0 Å². The van der Waals surface area contributed by atoms with E-state index in [0.29, 0.717) is 11.8 Å². The Morgan fingerprint density at radius 2 is 1.50 bits per heavy atom. The molecule has 2 nitrogen and oxygen atoms in total. The molecule has 0 amide bonds. The molecule has 3 heteroatoms. The first-order valence-electron chi connectivity index (χ1n) is 5.51. The first-order chi connectivity index (χ1) is 6.60. The van der Waals surface area contributed by atoms with E-state index in [0.717, 1.165) is 37.5 Å². The van der Waals surface area contributed by atoms with Gasteiger partial charge in [-0.1, -0.05) is 15.9 Å². The van der Waals surface area contributed by atoms with Gasteiger partial charge in [-0.05, 0) is 55.8 Å². The van der Waals surface area contributed by atoms with E-state index in [1.54, 1.807) is 0 Å². The topological polar surface area (TPSA) is 40.1 Å². The van der Waals surface area contributed by atoms with Gasteiger partial charge < -0.3 is 9.90 Å². The third-order valence-electron chi connectivity index (χ3n) is 4.64. The molecule has 78 valence electrons. The molecule has 0 atom stereocenters. The number of hydrogen-bond donors (Lipinski definition) is 0. The molecule has 4 bridgehead atoms. The zero-order chi connectivity index (χ0) is 9.92. The van der Waals surface area contributed by atoms with Crippen molar-refractivity contribution in [2.24, 2.45) is 23.7 Å². The number of halogens is 1. The Bertz CT molecular complexity index is 259. The van der Waals surface area contributed by atoms with Gasteiger partial charge in [-0.25, -0.2) is 0 Å². The van der Waals surface area contributed by atoms with E-state index in [2.05, 4.69) is 15.9 Å². The van der Waals surface area contributed by atoms with Crippen molar-refractivity contribution >= 4 is 21.9 Å². The highest BCUT2D eigenvalue weighted by molar-refractivity contribution is 9.10. The second-order valence-corrected chi connectivity index (χ2v) is 6.67. The highest BCUT2D eigenvalue weighted by Crippen LogP contribution is 2.61. The Morgan fingerprint density at radius 3 is 1.86 bits per heavy atom. The molecule has 0 spiro atoms. The molecule has 0 radical (unpaired) electrons. The number of carboxylic acids is 1. The van der Waals surface area contributed by atoms with Gasteiger partial charge in [0.25, 0.3) is 0 Å². The fraction of sp³-hybridized carbons (Fsp3) is 0.909. The van der Waals surface area contributed by atoms with Gasteiger partial charge in [0.2, 0.25) is 0 Å². The van der Waals surface area contributed by atoms with Gasteiger partial charge in [0.15, 0.2) is 0 Å². The van der Waals surface area contributed by atoms with Crippen molar-refractivity contribution in [2.45, 2.75) is 36.4 Å². The number of carbonyl (C=O) groups excluding carboxylic acids is 1. The molecule has 4 aliphatic rings. The Hall–Kier alpha value is -0.0500. The van der Waals surface area contributed by atoms with E-state index in [-0.39, 0.29) is 0 Å². The Morgan fingerprint density at radius 1 is 1.07 bits per heavy atom. The Balaban J connectivity index is 1.98. The number of carbonyl (C=O) groups is 1. The van der Waals surface area contributed by atoms with Crippen LogP contribution in [0.15, 0.2) is 0 Å². The minimum atomic E-state index is -0.869. The first-order valence-corrected chi connectivity index (χ1v) is 6.30. The maximum atomic E-state index is 11.3. The summed E-state index contributed by atoms with van der Waals surface area (Å²) < 4.78 is -0.680. The zero-order valence-electron chi connectivity index (χ0n) is 8.04. The fourth-order valence-corrected chi connectivity index (χ4v) is 4.95. The molecule has 0 aliphatic heterocycles. The minimum Gasteiger partial charge on any atom is -0.549 e. The lowest BCUT2D eigenvalue weighted by Gasteiger charge is -2.59. The monoisotopic (exact) mass is 257 g/mol. The predicted molar refractivity (Wildman–Crippen MR) is 53.7 cm³/mol. The summed E-state index contributed by atoms with van der Waals surface area (Å²) in [6, 6.07) is 0. The van der Waals surface area contributed by atoms with Crippen LogP contribution in [0.5, 0.6) is 0 Å². The van der Waals surface area contributed by atoms with E-state index in [1.807, 2.05) is 0 Å². The van der Waals surface area contributed by atoms with Crippen molar-refractivity contribution in [1.82, 2.24) is 0 Å². The van der Waals surface area contributed by atoms with E-state index in [9.17, 15) is 9.90 Å². The van der Waals surface area contributed by atoms with Crippen molar-refractivity contribution in [3.8, 4) is 0 Å². The van der Waals surface area contributed by atoms with Crippen molar-refractivity contribution in [1.29, 1.82) is 0 Å². The van der Waals surface area contributed by atoms with Gasteiger partial charge in [0.1, 0.15) is 0 Å². The molecule has 4 fully saturated rings. The number of hydrogen-bond acceptors (Lipinski definition) is 2. The molecule has 14 heavy (non-hydrogen) atoms. The van der Waals surface area contributed by atoms with Crippen LogP contribution in [0.25, 0.3) is 0 Å². The summed E-state index contributed by atoms with van der Waals surface area (Å²) in [6.07, 6.45) is 5.76. The van der Waals surface area contributed by atoms with Gasteiger partial charge in [-0.15, -0.1) is 0 Å². The zero-order valence-corrected chi connectivity index (χ0v) is 9.63. The maximum absolute atomic E-state index is 11.3. The molecule has 4 aliphatic carbocycles. The van der Waals surface area contributed by atoms with E-state index < -0.39 is 10.3 Å². The minimum absolute atomic E-state index is 0.337. The van der Waals surface area contributed by atoms with Crippen LogP contribution in [-0.4, -0.2) is 10.3 Å². The molecule has 0 unspecified atom stereocenters. The maximum Gasteiger partial charge on any atom is 0.0707 e. The highest BCUT2D eigenvalue weighted by Gasteiger charge is 2.56. The van der Waals surface area contributed by atoms with E-state index >= 15 is 0 Å². The van der Waals surface area contributed by atoms with E-state index in [1.165, 1.54) is 6.42 Å². The molecular weight excluding hydrogens is 244 g/mol. The predicted octanol–water partition coefficient (Wildman–Crippen LogP) is 1.33. The first kappa shape index (κ1) is 9.20. The van der Waals surface area contributed by atoms with Gasteiger partial charge in [0, 0.05) is 0 Å². The van der Waals surface area contributed by atoms with Gasteiger partial charge in [0.05, 0.1) is 10.3 Å². The molecule has 0 N–H and O–H groups in total. The summed E-state index contributed by atoms with van der Waals surface area (Å²) in [5, 5.41) is 11.3. The number of rotatable bonds is 1. The van der Waals surface area contributed by atoms with Crippen LogP contribution in [0.3, 0.4) is 0 Å². The Labute approximate surface area is 92.2 Å². The summed E-state index contributed by atoms with van der Waals surface area (Å²) in [6.45, 7) is 0. The van der Waals surface area contributed by atoms with Crippen LogP contribution in [-0.2, 0) is 4.79 Å². The molecule has 0 saturated heterocycles. The number of alkyl halides is 1. The molecule has 4 saturated carbocycles. The molecule has 0 heterocycles. The lowest BCUT2D eigenvalue weighted by atomic mass is 9.52. The Kier molecular flexibility index (Phi) is 1.80. The lowest BCUT2D eigenvalue weighted by molar-refractivity contribution is -0.315. The third-order valence-corrected chi connectivity index (χ3v) is 6.26. The highest BCUT2D eigenvalue weighted by atomic mass is 79.9. The molecule has 0 aromatic carbocycles. The summed E-state index contributed by atoms with van der Waals surface area (Å²) in [7, 11) is 0. The van der Waals surface area contributed by atoms with Crippen molar-refractivity contribution in [3.63, 3.8) is 0 Å². The van der Waals surface area contributed by atoms with Gasteiger partial charge in [-0.2, -0.15) is 0 Å². The van der Waals surface area contributed by atoms with Crippen LogP contribution < -0.4 is 5.11 Å². The normalized spacial score (nSPS) is 54.9. The molecule has 0 aromatic heterocycles.